The fraction of sp³-hybridized carbons (Fsp3) is 0.348. The Kier molecular flexibility index (Phi) is 5.17. The molecule has 1 atom stereocenters. The summed E-state index contributed by atoms with van der Waals surface area (Å²) in [5.74, 6) is 0.637. The third-order valence-electron chi connectivity index (χ3n) is 6.16. The van der Waals surface area contributed by atoms with Gasteiger partial charge in [0.05, 0.1) is 11.1 Å². The number of hydrogen-bond acceptors (Lipinski definition) is 3. The molecule has 4 rings (SSSR count). The Bertz CT molecular complexity index is 1020. The van der Waals surface area contributed by atoms with Gasteiger partial charge in [0, 0.05) is 23.0 Å². The van der Waals surface area contributed by atoms with Gasteiger partial charge in [-0.3, -0.25) is 4.79 Å². The van der Waals surface area contributed by atoms with Crippen molar-refractivity contribution in [2.75, 3.05) is 0 Å². The van der Waals surface area contributed by atoms with Gasteiger partial charge in [-0.25, -0.2) is 0 Å². The number of fused-ring (bicyclic) bond motifs is 1. The molecule has 1 fully saturated rings. The van der Waals surface area contributed by atoms with Gasteiger partial charge in [-0.05, 0) is 61.8 Å². The van der Waals surface area contributed by atoms with Gasteiger partial charge in [-0.2, -0.15) is 0 Å². The molecule has 0 bridgehead atoms. The maximum Gasteiger partial charge on any atom is 0.255 e. The minimum Gasteiger partial charge on any atom is -0.489 e. The van der Waals surface area contributed by atoms with Crippen LogP contribution >= 0.6 is 11.6 Å². The predicted octanol–water partition coefficient (Wildman–Crippen LogP) is 4.79. The number of nitrogens with one attached hydrogen (secondary N) is 1. The lowest BCUT2D eigenvalue weighted by atomic mass is 9.65. The molecule has 1 aliphatic carbocycles. The quantitative estimate of drug-likeness (QED) is 0.666. The lowest BCUT2D eigenvalue weighted by Gasteiger charge is -2.43. The van der Waals surface area contributed by atoms with E-state index >= 15 is 0 Å². The first kappa shape index (κ1) is 19.0. The first-order valence-electron chi connectivity index (χ1n) is 9.78. The van der Waals surface area contributed by atoms with Crippen LogP contribution in [-0.2, 0) is 5.41 Å². The number of pyridine rings is 1. The van der Waals surface area contributed by atoms with Crippen LogP contribution < -0.4 is 16.0 Å². The molecule has 4 nitrogen and oxygen atoms in total. The lowest BCUT2D eigenvalue weighted by molar-refractivity contribution is 0.107. The van der Waals surface area contributed by atoms with E-state index < -0.39 is 0 Å². The number of halogens is 1. The molecule has 0 unspecified atom stereocenters. The normalized spacial score (nSPS) is 23.5. The molecule has 1 aromatic heterocycles. The van der Waals surface area contributed by atoms with Crippen molar-refractivity contribution in [1.29, 1.82) is 0 Å². The van der Waals surface area contributed by atoms with Crippen LogP contribution in [0.5, 0.6) is 5.75 Å². The second-order valence-electron chi connectivity index (χ2n) is 7.80. The molecule has 28 heavy (non-hydrogen) atoms. The molecular formula is C23H25ClN2O2. The molecule has 0 amide bonds. The predicted molar refractivity (Wildman–Crippen MR) is 114 cm³/mol. The molecule has 0 saturated heterocycles. The zero-order valence-electron chi connectivity index (χ0n) is 16.0. The number of aromatic amines is 1. The zero-order valence-corrected chi connectivity index (χ0v) is 16.7. The smallest absolute Gasteiger partial charge is 0.255 e. The van der Waals surface area contributed by atoms with E-state index in [-0.39, 0.29) is 23.1 Å². The number of benzene rings is 2. The van der Waals surface area contributed by atoms with Gasteiger partial charge in [0.1, 0.15) is 5.75 Å². The summed E-state index contributed by atoms with van der Waals surface area (Å²) in [5.41, 5.74) is 7.59. The van der Waals surface area contributed by atoms with Crippen molar-refractivity contribution in [3.63, 3.8) is 0 Å². The summed E-state index contributed by atoms with van der Waals surface area (Å²) in [4.78, 5) is 14.6. The monoisotopic (exact) mass is 396 g/mol. The van der Waals surface area contributed by atoms with Crippen molar-refractivity contribution in [2.45, 2.75) is 50.2 Å². The second kappa shape index (κ2) is 7.61. The molecule has 1 aliphatic rings. The van der Waals surface area contributed by atoms with E-state index in [1.54, 1.807) is 12.3 Å². The zero-order chi connectivity index (χ0) is 19.7. The molecule has 146 valence electrons. The molecular weight excluding hydrogens is 372 g/mol. The molecule has 0 radical (unpaired) electrons. The highest BCUT2D eigenvalue weighted by atomic mass is 35.5. The molecule has 1 saturated carbocycles. The van der Waals surface area contributed by atoms with E-state index in [1.165, 1.54) is 5.56 Å². The summed E-state index contributed by atoms with van der Waals surface area (Å²) in [6.07, 6.45) is 5.52. The number of nitrogens with two attached hydrogens (primary N) is 1. The molecule has 3 N–H and O–H groups in total. The summed E-state index contributed by atoms with van der Waals surface area (Å²) in [6.45, 7) is 2.10. The van der Waals surface area contributed by atoms with Gasteiger partial charge in [0.2, 0.25) is 0 Å². The summed E-state index contributed by atoms with van der Waals surface area (Å²) in [7, 11) is 0. The first-order valence-corrected chi connectivity index (χ1v) is 10.2. The average molecular weight is 397 g/mol. The first-order chi connectivity index (χ1) is 13.5. The highest BCUT2D eigenvalue weighted by Crippen LogP contribution is 2.43. The van der Waals surface area contributed by atoms with Crippen LogP contribution in [0.15, 0.2) is 59.5 Å². The van der Waals surface area contributed by atoms with Gasteiger partial charge in [-0.15, -0.1) is 0 Å². The van der Waals surface area contributed by atoms with Gasteiger partial charge in [0.25, 0.3) is 5.56 Å². The Morgan fingerprint density at radius 3 is 2.57 bits per heavy atom. The Hall–Kier alpha value is -2.30. The maximum atomic E-state index is 11.9. The second-order valence-corrected chi connectivity index (χ2v) is 8.21. The average Bonchev–Trinajstić information content (AvgIpc) is 2.70. The topological polar surface area (TPSA) is 68.1 Å². The van der Waals surface area contributed by atoms with Crippen LogP contribution in [0, 0.1) is 0 Å². The number of hydrogen-bond donors (Lipinski definition) is 2. The number of ether oxygens (including phenoxy) is 1. The Labute approximate surface area is 169 Å². The lowest BCUT2D eigenvalue weighted by Crippen LogP contribution is -2.47. The van der Waals surface area contributed by atoms with Gasteiger partial charge < -0.3 is 15.5 Å². The molecule has 5 heteroatoms. The third-order valence-corrected chi connectivity index (χ3v) is 6.46. The van der Waals surface area contributed by atoms with Crippen molar-refractivity contribution < 1.29 is 4.74 Å². The minimum atomic E-state index is -0.145. The standard InChI is InChI=1S/C23H25ClN2O2/c1-15(25)23(17-5-3-2-4-6-17)10-7-18(8-11-23)28-21-13-16-9-12-26-22(27)19(16)14-20(21)24/h2-6,9,12-15,18H,7-8,10-11,25H2,1H3,(H,26,27)/t15-,18?,23?/m0/s1. The molecule has 2 aromatic carbocycles. The third kappa shape index (κ3) is 3.43. The molecule has 0 aliphatic heterocycles. The van der Waals surface area contributed by atoms with Crippen LogP contribution in [0.1, 0.15) is 38.2 Å². The highest BCUT2D eigenvalue weighted by Gasteiger charge is 2.40. The van der Waals surface area contributed by atoms with E-state index in [0.717, 1.165) is 31.1 Å². The fourth-order valence-electron chi connectivity index (χ4n) is 4.46. The van der Waals surface area contributed by atoms with Gasteiger partial charge >= 0.3 is 0 Å². The molecule has 0 spiro atoms. The Balaban J connectivity index is 1.54. The molecule has 1 heterocycles. The van der Waals surface area contributed by atoms with Crippen molar-refractivity contribution >= 4 is 22.4 Å². The van der Waals surface area contributed by atoms with E-state index in [0.29, 0.717) is 16.2 Å². The van der Waals surface area contributed by atoms with Crippen molar-refractivity contribution in [3.05, 3.63) is 75.7 Å². The highest BCUT2D eigenvalue weighted by molar-refractivity contribution is 6.32. The van der Waals surface area contributed by atoms with Gasteiger partial charge in [-0.1, -0.05) is 41.9 Å². The van der Waals surface area contributed by atoms with Crippen LogP contribution in [-0.4, -0.2) is 17.1 Å². The van der Waals surface area contributed by atoms with Crippen molar-refractivity contribution in [1.82, 2.24) is 4.98 Å². The largest absolute Gasteiger partial charge is 0.489 e. The van der Waals surface area contributed by atoms with Crippen LogP contribution in [0.2, 0.25) is 5.02 Å². The van der Waals surface area contributed by atoms with E-state index in [4.69, 9.17) is 22.1 Å². The van der Waals surface area contributed by atoms with E-state index in [1.807, 2.05) is 18.2 Å². The Morgan fingerprint density at radius 1 is 1.18 bits per heavy atom. The maximum absolute atomic E-state index is 11.9. The number of aromatic nitrogens is 1. The van der Waals surface area contributed by atoms with Crippen LogP contribution in [0.4, 0.5) is 0 Å². The van der Waals surface area contributed by atoms with Crippen LogP contribution in [0.3, 0.4) is 0 Å². The van der Waals surface area contributed by atoms with E-state index in [2.05, 4.69) is 36.2 Å². The summed E-state index contributed by atoms with van der Waals surface area (Å²) >= 11 is 6.40. The van der Waals surface area contributed by atoms with E-state index in [9.17, 15) is 4.79 Å². The minimum absolute atomic E-state index is 0.0123. The summed E-state index contributed by atoms with van der Waals surface area (Å²) in [5, 5.41) is 1.87. The summed E-state index contributed by atoms with van der Waals surface area (Å²) < 4.78 is 6.26. The summed E-state index contributed by atoms with van der Waals surface area (Å²) in [6, 6.07) is 16.0. The van der Waals surface area contributed by atoms with Crippen LogP contribution in [0.25, 0.3) is 10.8 Å². The number of H-pyrrole nitrogens is 1. The Morgan fingerprint density at radius 2 is 1.89 bits per heavy atom. The fourth-order valence-corrected chi connectivity index (χ4v) is 4.67. The molecule has 3 aromatic rings. The van der Waals surface area contributed by atoms with Gasteiger partial charge in [0.15, 0.2) is 0 Å². The van der Waals surface area contributed by atoms with Crippen molar-refractivity contribution in [2.24, 2.45) is 5.73 Å². The van der Waals surface area contributed by atoms with Crippen molar-refractivity contribution in [3.8, 4) is 5.75 Å². The number of rotatable bonds is 4. The SMILES string of the molecule is C[C@H](N)C1(c2ccccc2)CCC(Oc2cc3cc[nH]c(=O)c3cc2Cl)CC1.